The fourth-order valence-corrected chi connectivity index (χ4v) is 2.73. The average Bonchev–Trinajstić information content (AvgIpc) is 2.83. The standard InChI is InChI=1S/C16H17NO/c18-16(13-7-2-1-3-8-13)17-15-11-10-12-6-4-5-9-14(12)15/h2,4-9,15H,1,3,10-11H2,(H,17,18). The Labute approximate surface area is 107 Å². The molecule has 2 aliphatic rings. The molecule has 0 aromatic heterocycles. The molecular weight excluding hydrogens is 222 g/mol. The Morgan fingerprint density at radius 2 is 2.11 bits per heavy atom. The van der Waals surface area contributed by atoms with E-state index in [0.717, 1.165) is 31.3 Å². The lowest BCUT2D eigenvalue weighted by Gasteiger charge is -2.15. The maximum Gasteiger partial charge on any atom is 0.251 e. The molecule has 1 atom stereocenters. The molecule has 0 bridgehead atoms. The van der Waals surface area contributed by atoms with Gasteiger partial charge < -0.3 is 5.32 Å². The summed E-state index contributed by atoms with van der Waals surface area (Å²) in [5, 5.41) is 3.15. The Kier molecular flexibility index (Phi) is 3.01. The summed E-state index contributed by atoms with van der Waals surface area (Å²) in [7, 11) is 0. The molecule has 1 unspecified atom stereocenters. The van der Waals surface area contributed by atoms with Crippen molar-refractivity contribution in [3.8, 4) is 0 Å². The van der Waals surface area contributed by atoms with Gasteiger partial charge in [0.1, 0.15) is 0 Å². The number of amides is 1. The van der Waals surface area contributed by atoms with Crippen LogP contribution in [0.5, 0.6) is 0 Å². The molecule has 2 aliphatic carbocycles. The minimum atomic E-state index is 0.0626. The van der Waals surface area contributed by atoms with Crippen LogP contribution in [0.1, 0.15) is 36.4 Å². The number of fused-ring (bicyclic) bond motifs is 1. The summed E-state index contributed by atoms with van der Waals surface area (Å²) in [4.78, 5) is 12.1. The lowest BCUT2D eigenvalue weighted by atomic mass is 10.0. The molecule has 2 heteroatoms. The number of hydrogen-bond acceptors (Lipinski definition) is 1. The molecule has 1 amide bonds. The summed E-state index contributed by atoms with van der Waals surface area (Å²) in [6, 6.07) is 8.57. The molecule has 0 spiro atoms. The Balaban J connectivity index is 1.73. The molecule has 0 saturated heterocycles. The Morgan fingerprint density at radius 3 is 2.94 bits per heavy atom. The number of aryl methyl sites for hydroxylation is 1. The predicted molar refractivity (Wildman–Crippen MR) is 72.1 cm³/mol. The van der Waals surface area contributed by atoms with Gasteiger partial charge >= 0.3 is 0 Å². The highest BCUT2D eigenvalue weighted by Crippen LogP contribution is 2.30. The van der Waals surface area contributed by atoms with Crippen molar-refractivity contribution in [2.24, 2.45) is 0 Å². The summed E-state index contributed by atoms with van der Waals surface area (Å²) in [5.74, 6) is 0.0626. The van der Waals surface area contributed by atoms with Gasteiger partial charge in [0, 0.05) is 5.57 Å². The molecule has 1 N–H and O–H groups in total. The third kappa shape index (κ3) is 2.10. The molecule has 0 saturated carbocycles. The summed E-state index contributed by atoms with van der Waals surface area (Å²) >= 11 is 0. The SMILES string of the molecule is O=C(NC1CCc2ccccc21)C1=CCCC=C1. The Morgan fingerprint density at radius 1 is 1.22 bits per heavy atom. The number of carbonyl (C=O) groups excluding carboxylic acids is 1. The minimum Gasteiger partial charge on any atom is -0.345 e. The Hall–Kier alpha value is -1.83. The van der Waals surface area contributed by atoms with Gasteiger partial charge in [0.25, 0.3) is 5.91 Å². The van der Waals surface area contributed by atoms with Gasteiger partial charge in [-0.3, -0.25) is 4.79 Å². The van der Waals surface area contributed by atoms with Crippen molar-refractivity contribution in [1.29, 1.82) is 0 Å². The first-order chi connectivity index (χ1) is 8.84. The van der Waals surface area contributed by atoms with Gasteiger partial charge in [-0.25, -0.2) is 0 Å². The number of benzene rings is 1. The molecule has 1 aromatic carbocycles. The second kappa shape index (κ2) is 4.81. The maximum absolute atomic E-state index is 12.1. The quantitative estimate of drug-likeness (QED) is 0.844. The third-order valence-electron chi connectivity index (χ3n) is 3.70. The lowest BCUT2D eigenvalue weighted by Crippen LogP contribution is -2.28. The summed E-state index contributed by atoms with van der Waals surface area (Å²) in [6.07, 6.45) is 10.1. The molecule has 2 nitrogen and oxygen atoms in total. The van der Waals surface area contributed by atoms with Gasteiger partial charge in [-0.1, -0.05) is 42.5 Å². The zero-order chi connectivity index (χ0) is 12.4. The predicted octanol–water partition coefficient (Wildman–Crippen LogP) is 3.07. The van der Waals surface area contributed by atoms with E-state index < -0.39 is 0 Å². The zero-order valence-electron chi connectivity index (χ0n) is 10.4. The largest absolute Gasteiger partial charge is 0.345 e. The van der Waals surface area contributed by atoms with Crippen LogP contribution in [-0.4, -0.2) is 5.91 Å². The lowest BCUT2D eigenvalue weighted by molar-refractivity contribution is -0.117. The van der Waals surface area contributed by atoms with Gasteiger partial charge in [0.15, 0.2) is 0 Å². The normalized spacial score (nSPS) is 21.3. The Bertz CT molecular complexity index is 528. The number of carbonyl (C=O) groups is 1. The van der Waals surface area contributed by atoms with Crippen molar-refractivity contribution in [3.63, 3.8) is 0 Å². The molecule has 3 rings (SSSR count). The van der Waals surface area contributed by atoms with Crippen molar-refractivity contribution in [1.82, 2.24) is 5.32 Å². The maximum atomic E-state index is 12.1. The fraction of sp³-hybridized carbons (Fsp3) is 0.312. The molecule has 18 heavy (non-hydrogen) atoms. The summed E-state index contributed by atoms with van der Waals surface area (Å²) in [5.41, 5.74) is 3.47. The second-order valence-corrected chi connectivity index (χ2v) is 4.90. The fourth-order valence-electron chi connectivity index (χ4n) is 2.73. The van der Waals surface area contributed by atoms with Crippen molar-refractivity contribution < 1.29 is 4.79 Å². The van der Waals surface area contributed by atoms with E-state index in [1.165, 1.54) is 11.1 Å². The molecule has 0 heterocycles. The molecule has 0 radical (unpaired) electrons. The number of nitrogens with one attached hydrogen (secondary N) is 1. The van der Waals surface area contributed by atoms with Crippen LogP contribution in [0.4, 0.5) is 0 Å². The number of hydrogen-bond donors (Lipinski definition) is 1. The second-order valence-electron chi connectivity index (χ2n) is 4.90. The van der Waals surface area contributed by atoms with Gasteiger partial charge in [-0.2, -0.15) is 0 Å². The molecular formula is C16H17NO. The van der Waals surface area contributed by atoms with E-state index in [4.69, 9.17) is 0 Å². The number of allylic oxidation sites excluding steroid dienone is 2. The van der Waals surface area contributed by atoms with Crippen molar-refractivity contribution in [2.75, 3.05) is 0 Å². The van der Waals surface area contributed by atoms with E-state index in [-0.39, 0.29) is 11.9 Å². The van der Waals surface area contributed by atoms with Gasteiger partial charge in [0.05, 0.1) is 6.04 Å². The molecule has 0 fully saturated rings. The molecule has 92 valence electrons. The topological polar surface area (TPSA) is 29.1 Å². The number of rotatable bonds is 2. The first-order valence-electron chi connectivity index (χ1n) is 6.60. The van der Waals surface area contributed by atoms with Gasteiger partial charge in [-0.05, 0) is 36.8 Å². The highest BCUT2D eigenvalue weighted by Gasteiger charge is 2.24. The van der Waals surface area contributed by atoms with Crippen LogP contribution in [0.3, 0.4) is 0 Å². The van der Waals surface area contributed by atoms with Gasteiger partial charge in [0.2, 0.25) is 0 Å². The van der Waals surface area contributed by atoms with Crippen LogP contribution in [0, 0.1) is 0 Å². The van der Waals surface area contributed by atoms with E-state index in [2.05, 4.69) is 29.6 Å². The zero-order valence-corrected chi connectivity index (χ0v) is 10.4. The van der Waals surface area contributed by atoms with E-state index in [9.17, 15) is 4.79 Å². The smallest absolute Gasteiger partial charge is 0.251 e. The van der Waals surface area contributed by atoms with Crippen LogP contribution in [0.2, 0.25) is 0 Å². The van der Waals surface area contributed by atoms with Crippen molar-refractivity contribution >= 4 is 5.91 Å². The van der Waals surface area contributed by atoms with Crippen molar-refractivity contribution in [3.05, 3.63) is 59.2 Å². The molecule has 0 aliphatic heterocycles. The minimum absolute atomic E-state index is 0.0626. The van der Waals surface area contributed by atoms with Crippen LogP contribution >= 0.6 is 0 Å². The highest BCUT2D eigenvalue weighted by molar-refractivity contribution is 5.96. The van der Waals surface area contributed by atoms with Crippen LogP contribution in [0.15, 0.2) is 48.1 Å². The van der Waals surface area contributed by atoms with Crippen molar-refractivity contribution in [2.45, 2.75) is 31.7 Å². The van der Waals surface area contributed by atoms with Gasteiger partial charge in [-0.15, -0.1) is 0 Å². The van der Waals surface area contributed by atoms with E-state index >= 15 is 0 Å². The molecule has 1 aromatic rings. The van der Waals surface area contributed by atoms with E-state index in [0.29, 0.717) is 0 Å². The summed E-state index contributed by atoms with van der Waals surface area (Å²) in [6.45, 7) is 0. The van der Waals surface area contributed by atoms with Crippen LogP contribution < -0.4 is 5.32 Å². The monoisotopic (exact) mass is 239 g/mol. The van der Waals surface area contributed by atoms with E-state index in [1.807, 2.05) is 18.2 Å². The van der Waals surface area contributed by atoms with Crippen LogP contribution in [0.25, 0.3) is 0 Å². The van der Waals surface area contributed by atoms with Crippen LogP contribution in [-0.2, 0) is 11.2 Å². The van der Waals surface area contributed by atoms with E-state index in [1.54, 1.807) is 0 Å². The average molecular weight is 239 g/mol. The first-order valence-corrected chi connectivity index (χ1v) is 6.60. The first kappa shape index (κ1) is 11.3. The third-order valence-corrected chi connectivity index (χ3v) is 3.70. The summed E-state index contributed by atoms with van der Waals surface area (Å²) < 4.78 is 0. The highest BCUT2D eigenvalue weighted by atomic mass is 16.1.